The average Bonchev–Trinajstić information content (AvgIpc) is 2.36. The van der Waals surface area contributed by atoms with Crippen molar-refractivity contribution in [3.63, 3.8) is 0 Å². The third-order valence-corrected chi connectivity index (χ3v) is 2.27. The lowest BCUT2D eigenvalue weighted by Crippen LogP contribution is -2.26. The minimum Gasteiger partial charge on any atom is -0.458 e. The summed E-state index contributed by atoms with van der Waals surface area (Å²) >= 11 is 0. The molecule has 0 aliphatic rings. The van der Waals surface area contributed by atoms with Gasteiger partial charge in [-0.2, -0.15) is 0 Å². The smallest absolute Gasteiger partial charge is 0.332 e. The number of esters is 1. The van der Waals surface area contributed by atoms with Crippen LogP contribution in [0.1, 0.15) is 31.9 Å². The first kappa shape index (κ1) is 16.0. The second-order valence-electron chi connectivity index (χ2n) is 5.26. The third kappa shape index (κ3) is 5.71. The first-order valence-corrected chi connectivity index (χ1v) is 6.18. The van der Waals surface area contributed by atoms with Crippen molar-refractivity contribution in [3.05, 3.63) is 35.4 Å². The summed E-state index contributed by atoms with van der Waals surface area (Å²) in [7, 11) is 0. The number of ether oxygens (including phenoxy) is 2. The molecule has 1 rings (SSSR count). The van der Waals surface area contributed by atoms with Crippen molar-refractivity contribution < 1.29 is 19.5 Å². The van der Waals surface area contributed by atoms with E-state index in [1.54, 1.807) is 45.0 Å². The summed E-state index contributed by atoms with van der Waals surface area (Å²) in [6, 6.07) is 6.98. The average molecular weight is 280 g/mol. The Balaban J connectivity index is 2.41. The Hall–Kier alpha value is -2.08. The van der Waals surface area contributed by atoms with Gasteiger partial charge in [-0.05, 0) is 26.3 Å². The fourth-order valence-corrected chi connectivity index (χ4v) is 1.45. The van der Waals surface area contributed by atoms with Crippen LogP contribution in [0.2, 0.25) is 0 Å². The Labute approximate surface area is 118 Å². The van der Waals surface area contributed by atoms with Gasteiger partial charge in [-0.3, -0.25) is 0 Å². The molecule has 0 radical (unpaired) electrons. The second kappa shape index (κ2) is 6.91. The summed E-state index contributed by atoms with van der Waals surface area (Å²) in [5, 5.41) is 11.4. The molecular formula is C14H20N2O4. The molecule has 3 N–H and O–H groups in total. The van der Waals surface area contributed by atoms with E-state index in [0.717, 1.165) is 5.56 Å². The molecule has 0 atom stereocenters. The van der Waals surface area contributed by atoms with Crippen LogP contribution >= 0.6 is 0 Å². The zero-order valence-corrected chi connectivity index (χ0v) is 11.9. The highest BCUT2D eigenvalue weighted by Gasteiger charge is 2.15. The van der Waals surface area contributed by atoms with Crippen molar-refractivity contribution in [3.8, 4) is 0 Å². The van der Waals surface area contributed by atoms with Crippen LogP contribution in [0.3, 0.4) is 0 Å². The van der Waals surface area contributed by atoms with Gasteiger partial charge in [0.2, 0.25) is 0 Å². The molecule has 0 fully saturated rings. The normalized spacial score (nSPS) is 12.2. The van der Waals surface area contributed by atoms with Crippen molar-refractivity contribution in [1.29, 1.82) is 0 Å². The summed E-state index contributed by atoms with van der Waals surface area (Å²) in [5.74, 6) is -0.350. The predicted molar refractivity (Wildman–Crippen MR) is 74.5 cm³/mol. The number of amidine groups is 1. The highest BCUT2D eigenvalue weighted by Crippen LogP contribution is 2.08. The Kier molecular flexibility index (Phi) is 5.52. The molecule has 0 heterocycles. The van der Waals surface area contributed by atoms with Crippen LogP contribution in [0, 0.1) is 0 Å². The number of benzene rings is 1. The van der Waals surface area contributed by atoms with Crippen molar-refractivity contribution in [2.45, 2.75) is 33.0 Å². The van der Waals surface area contributed by atoms with Gasteiger partial charge >= 0.3 is 5.97 Å². The van der Waals surface area contributed by atoms with Crippen molar-refractivity contribution in [2.75, 3.05) is 6.61 Å². The molecule has 1 aromatic rings. The summed E-state index contributed by atoms with van der Waals surface area (Å²) in [4.78, 5) is 11.4. The lowest BCUT2D eigenvalue weighted by molar-refractivity contribution is -0.160. The summed E-state index contributed by atoms with van der Waals surface area (Å²) in [5.41, 5.74) is 6.43. The fourth-order valence-electron chi connectivity index (χ4n) is 1.45. The van der Waals surface area contributed by atoms with Gasteiger partial charge in [-0.15, -0.1) is 0 Å². The number of nitrogens with two attached hydrogens (primary N) is 1. The van der Waals surface area contributed by atoms with Crippen molar-refractivity contribution in [2.24, 2.45) is 10.9 Å². The van der Waals surface area contributed by atoms with Crippen LogP contribution in [0.25, 0.3) is 0 Å². The molecule has 110 valence electrons. The molecular weight excluding hydrogens is 260 g/mol. The maximum atomic E-state index is 11.4. The van der Waals surface area contributed by atoms with Crippen LogP contribution in [0.4, 0.5) is 0 Å². The number of oxime groups is 1. The van der Waals surface area contributed by atoms with Crippen LogP contribution < -0.4 is 5.73 Å². The molecule has 20 heavy (non-hydrogen) atoms. The number of hydrogen-bond donors (Lipinski definition) is 2. The molecule has 0 saturated carbocycles. The van der Waals surface area contributed by atoms with E-state index in [1.807, 2.05) is 0 Å². The van der Waals surface area contributed by atoms with Gasteiger partial charge in [-0.1, -0.05) is 29.4 Å². The fraction of sp³-hybridized carbons (Fsp3) is 0.429. The largest absolute Gasteiger partial charge is 0.458 e. The minimum absolute atomic E-state index is 0.0474. The summed E-state index contributed by atoms with van der Waals surface area (Å²) in [6.45, 7) is 5.60. The van der Waals surface area contributed by atoms with E-state index in [9.17, 15) is 4.79 Å². The van der Waals surface area contributed by atoms with Gasteiger partial charge in [0.05, 0.1) is 6.61 Å². The molecule has 6 heteroatoms. The number of carbonyl (C=O) groups excluding carboxylic acids is 1. The second-order valence-corrected chi connectivity index (χ2v) is 5.26. The van der Waals surface area contributed by atoms with Crippen molar-refractivity contribution in [1.82, 2.24) is 0 Å². The summed E-state index contributed by atoms with van der Waals surface area (Å²) in [6.07, 6.45) is 0. The molecule has 0 unspecified atom stereocenters. The maximum Gasteiger partial charge on any atom is 0.332 e. The Morgan fingerprint density at radius 3 is 2.40 bits per heavy atom. The Morgan fingerprint density at radius 2 is 1.90 bits per heavy atom. The molecule has 0 amide bonds. The highest BCUT2D eigenvalue weighted by molar-refractivity contribution is 5.96. The van der Waals surface area contributed by atoms with Crippen LogP contribution in [-0.4, -0.2) is 29.2 Å². The van der Waals surface area contributed by atoms with Gasteiger partial charge in [0.25, 0.3) is 0 Å². The van der Waals surface area contributed by atoms with Gasteiger partial charge in [0.15, 0.2) is 5.84 Å². The van der Waals surface area contributed by atoms with E-state index in [-0.39, 0.29) is 19.0 Å². The van der Waals surface area contributed by atoms with Crippen LogP contribution in [0.5, 0.6) is 0 Å². The lowest BCUT2D eigenvalue weighted by Gasteiger charge is -2.19. The zero-order chi connectivity index (χ0) is 15.2. The zero-order valence-electron chi connectivity index (χ0n) is 11.9. The highest BCUT2D eigenvalue weighted by atomic mass is 16.6. The van der Waals surface area contributed by atoms with Gasteiger partial charge < -0.3 is 20.4 Å². The first-order valence-electron chi connectivity index (χ1n) is 6.18. The SMILES string of the molecule is CC(C)(C)OC(=O)COCc1ccc(C(N)=NO)cc1. The van der Waals surface area contributed by atoms with Gasteiger partial charge in [0.1, 0.15) is 12.2 Å². The Bertz CT molecular complexity index is 475. The Morgan fingerprint density at radius 1 is 1.30 bits per heavy atom. The van der Waals surface area contributed by atoms with Gasteiger partial charge in [-0.25, -0.2) is 4.79 Å². The topological polar surface area (TPSA) is 94.1 Å². The molecule has 0 aliphatic carbocycles. The molecule has 0 spiro atoms. The molecule has 6 nitrogen and oxygen atoms in total. The van der Waals surface area contributed by atoms with E-state index in [4.69, 9.17) is 20.4 Å². The lowest BCUT2D eigenvalue weighted by atomic mass is 10.1. The van der Waals surface area contributed by atoms with E-state index in [1.165, 1.54) is 0 Å². The predicted octanol–water partition coefficient (Wildman–Crippen LogP) is 1.64. The maximum absolute atomic E-state index is 11.4. The molecule has 1 aromatic carbocycles. The van der Waals surface area contributed by atoms with Crippen LogP contribution in [-0.2, 0) is 20.9 Å². The van der Waals surface area contributed by atoms with E-state index < -0.39 is 11.6 Å². The van der Waals surface area contributed by atoms with E-state index in [2.05, 4.69) is 5.16 Å². The van der Waals surface area contributed by atoms with E-state index in [0.29, 0.717) is 5.56 Å². The number of hydrogen-bond acceptors (Lipinski definition) is 5. The quantitative estimate of drug-likeness (QED) is 0.281. The first-order chi connectivity index (χ1) is 9.31. The summed E-state index contributed by atoms with van der Waals surface area (Å²) < 4.78 is 10.4. The minimum atomic E-state index is -0.511. The standard InChI is InChI=1S/C14H20N2O4/c1-14(2,3)20-12(17)9-19-8-10-4-6-11(7-5-10)13(15)16-18/h4-7,18H,8-9H2,1-3H3,(H2,15,16). The van der Waals surface area contributed by atoms with E-state index >= 15 is 0 Å². The molecule has 0 aromatic heterocycles. The molecule has 0 aliphatic heterocycles. The van der Waals surface area contributed by atoms with Crippen molar-refractivity contribution >= 4 is 11.8 Å². The monoisotopic (exact) mass is 280 g/mol. The number of carbonyl (C=O) groups is 1. The van der Waals surface area contributed by atoms with Crippen LogP contribution in [0.15, 0.2) is 29.4 Å². The number of rotatable bonds is 5. The third-order valence-electron chi connectivity index (χ3n) is 2.27. The number of nitrogens with zero attached hydrogens (tertiary/aromatic N) is 1. The molecule has 0 saturated heterocycles. The van der Waals surface area contributed by atoms with Gasteiger partial charge in [0, 0.05) is 5.56 Å². The molecule has 0 bridgehead atoms.